The molecule has 0 radical (unpaired) electrons. The molecule has 0 fully saturated rings. The molecular weight excluding hydrogens is 318 g/mol. The van der Waals surface area contributed by atoms with Gasteiger partial charge in [-0.05, 0) is 29.3 Å². The Hall–Kier alpha value is -3.08. The van der Waals surface area contributed by atoms with Gasteiger partial charge in [0.2, 0.25) is 5.78 Å². The Balaban J connectivity index is 2.08. The molecule has 5 heteroatoms. The van der Waals surface area contributed by atoms with Gasteiger partial charge in [0.05, 0.1) is 14.2 Å². The second-order valence-electron chi connectivity index (χ2n) is 5.74. The first-order valence-corrected chi connectivity index (χ1v) is 7.95. The number of H-pyrrole nitrogens is 1. The average molecular weight is 337 g/mol. The largest absolute Gasteiger partial charge is 0.497 e. The summed E-state index contributed by atoms with van der Waals surface area (Å²) in [4.78, 5) is 27.0. The highest BCUT2D eigenvalue weighted by Crippen LogP contribution is 2.35. The normalized spacial score (nSPS) is 11.9. The molecule has 0 saturated carbocycles. The number of carbonyl (C=O) groups is 2. The first-order valence-electron chi connectivity index (χ1n) is 7.95. The summed E-state index contributed by atoms with van der Waals surface area (Å²) in [6.45, 7) is 0. The molecule has 5 nitrogen and oxygen atoms in total. The third kappa shape index (κ3) is 3.40. The molecule has 0 spiro atoms. The lowest BCUT2D eigenvalue weighted by Crippen LogP contribution is -2.19. The van der Waals surface area contributed by atoms with Gasteiger partial charge in [-0.15, -0.1) is 0 Å². The number of ketones is 1. The van der Waals surface area contributed by atoms with Gasteiger partial charge in [0.15, 0.2) is 0 Å². The molecule has 1 atom stereocenters. The van der Waals surface area contributed by atoms with Crippen molar-refractivity contribution < 1.29 is 19.1 Å². The third-order valence-corrected chi connectivity index (χ3v) is 4.30. The zero-order chi connectivity index (χ0) is 17.8. The van der Waals surface area contributed by atoms with E-state index in [1.165, 1.54) is 7.11 Å². The van der Waals surface area contributed by atoms with Crippen molar-refractivity contribution in [3.8, 4) is 5.75 Å². The van der Waals surface area contributed by atoms with E-state index in [1.807, 2.05) is 54.7 Å². The van der Waals surface area contributed by atoms with Crippen LogP contribution in [0.2, 0.25) is 0 Å². The molecule has 0 saturated heterocycles. The molecule has 25 heavy (non-hydrogen) atoms. The smallest absolute Gasteiger partial charge is 0.374 e. The van der Waals surface area contributed by atoms with Gasteiger partial charge in [-0.2, -0.15) is 0 Å². The minimum Gasteiger partial charge on any atom is -0.497 e. The van der Waals surface area contributed by atoms with Crippen LogP contribution in [0.4, 0.5) is 0 Å². The maximum absolute atomic E-state index is 12.2. The quantitative estimate of drug-likeness (QED) is 0.553. The van der Waals surface area contributed by atoms with Crippen LogP contribution in [0.3, 0.4) is 0 Å². The third-order valence-electron chi connectivity index (χ3n) is 4.30. The number of carbonyl (C=O) groups excluding carboxylic acids is 2. The van der Waals surface area contributed by atoms with Gasteiger partial charge in [0.1, 0.15) is 5.75 Å². The molecule has 128 valence electrons. The summed E-state index contributed by atoms with van der Waals surface area (Å²) in [6.07, 6.45) is 1.92. The van der Waals surface area contributed by atoms with Crippen LogP contribution in [0, 0.1) is 0 Å². The topological polar surface area (TPSA) is 68.4 Å². The van der Waals surface area contributed by atoms with Crippen LogP contribution in [-0.4, -0.2) is 31.0 Å². The number of hydrogen-bond acceptors (Lipinski definition) is 4. The summed E-state index contributed by atoms with van der Waals surface area (Å²) >= 11 is 0. The Bertz CT molecular complexity index is 898. The van der Waals surface area contributed by atoms with Gasteiger partial charge in [0, 0.05) is 29.4 Å². The number of benzene rings is 2. The Morgan fingerprint density at radius 3 is 2.52 bits per heavy atom. The number of hydrogen-bond donors (Lipinski definition) is 1. The van der Waals surface area contributed by atoms with E-state index in [1.54, 1.807) is 7.11 Å². The van der Waals surface area contributed by atoms with Crippen LogP contribution < -0.4 is 4.74 Å². The van der Waals surface area contributed by atoms with E-state index in [2.05, 4.69) is 9.72 Å². The fourth-order valence-corrected chi connectivity index (χ4v) is 3.01. The number of rotatable bonds is 6. The Morgan fingerprint density at radius 2 is 1.84 bits per heavy atom. The van der Waals surface area contributed by atoms with Crippen molar-refractivity contribution in [1.29, 1.82) is 0 Å². The molecule has 0 bridgehead atoms. The molecule has 2 aromatic carbocycles. The predicted molar refractivity (Wildman–Crippen MR) is 94.8 cm³/mol. The maximum atomic E-state index is 12.2. The molecule has 0 unspecified atom stereocenters. The minimum atomic E-state index is -0.821. The maximum Gasteiger partial charge on any atom is 0.374 e. The van der Waals surface area contributed by atoms with Crippen molar-refractivity contribution in [3.63, 3.8) is 0 Å². The van der Waals surface area contributed by atoms with Crippen molar-refractivity contribution in [2.24, 2.45) is 0 Å². The van der Waals surface area contributed by atoms with E-state index in [0.29, 0.717) is 0 Å². The summed E-state index contributed by atoms with van der Waals surface area (Å²) < 4.78 is 9.89. The summed E-state index contributed by atoms with van der Waals surface area (Å²) in [5.41, 5.74) is 2.85. The molecule has 3 aromatic rings. The zero-order valence-corrected chi connectivity index (χ0v) is 14.1. The van der Waals surface area contributed by atoms with Crippen LogP contribution in [0.1, 0.15) is 23.5 Å². The average Bonchev–Trinajstić information content (AvgIpc) is 3.08. The molecule has 1 aromatic heterocycles. The van der Waals surface area contributed by atoms with E-state index in [0.717, 1.165) is 27.8 Å². The monoisotopic (exact) mass is 337 g/mol. The number of methoxy groups -OCH3 is 2. The van der Waals surface area contributed by atoms with E-state index in [-0.39, 0.29) is 12.3 Å². The van der Waals surface area contributed by atoms with Gasteiger partial charge < -0.3 is 14.5 Å². The number of nitrogens with one attached hydrogen (secondary N) is 1. The fraction of sp³-hybridized carbons (Fsp3) is 0.200. The van der Waals surface area contributed by atoms with Crippen molar-refractivity contribution in [1.82, 2.24) is 4.98 Å². The molecule has 3 rings (SSSR count). The van der Waals surface area contributed by atoms with Crippen molar-refractivity contribution in [3.05, 3.63) is 65.9 Å². The standard InChI is InChI=1S/C20H19NO4/c1-24-14-8-9-18-16(10-14)17(12-21-18)15(11-19(22)20(23)25-2)13-6-4-3-5-7-13/h3-10,12,15,21H,11H2,1-2H3/t15-/m1/s1. The predicted octanol–water partition coefficient (Wildman–Crippen LogP) is 3.44. The lowest BCUT2D eigenvalue weighted by Gasteiger charge is -2.16. The lowest BCUT2D eigenvalue weighted by atomic mass is 9.87. The summed E-state index contributed by atoms with van der Waals surface area (Å²) in [7, 11) is 2.83. The lowest BCUT2D eigenvalue weighted by molar-refractivity contribution is -0.151. The van der Waals surface area contributed by atoms with Crippen molar-refractivity contribution >= 4 is 22.7 Å². The summed E-state index contributed by atoms with van der Waals surface area (Å²) in [5.74, 6) is -0.889. The van der Waals surface area contributed by atoms with Gasteiger partial charge in [-0.25, -0.2) is 4.79 Å². The molecule has 0 amide bonds. The molecular formula is C20H19NO4. The highest BCUT2D eigenvalue weighted by Gasteiger charge is 2.25. The van der Waals surface area contributed by atoms with Crippen LogP contribution in [0.15, 0.2) is 54.7 Å². The number of esters is 1. The van der Waals surface area contributed by atoms with Crippen LogP contribution in [0.5, 0.6) is 5.75 Å². The number of fused-ring (bicyclic) bond motifs is 1. The number of Topliss-reactive ketones (excluding diaryl/α,β-unsaturated/α-hetero) is 1. The number of ether oxygens (including phenoxy) is 2. The molecule has 1 N–H and O–H groups in total. The molecule has 1 heterocycles. The van der Waals surface area contributed by atoms with E-state index >= 15 is 0 Å². The second kappa shape index (κ2) is 7.21. The highest BCUT2D eigenvalue weighted by molar-refractivity contribution is 6.33. The van der Waals surface area contributed by atoms with Crippen molar-refractivity contribution in [2.75, 3.05) is 14.2 Å². The van der Waals surface area contributed by atoms with Crippen molar-refractivity contribution in [2.45, 2.75) is 12.3 Å². The van der Waals surface area contributed by atoms with E-state index in [9.17, 15) is 9.59 Å². The van der Waals surface area contributed by atoms with E-state index in [4.69, 9.17) is 4.74 Å². The molecule has 0 aliphatic heterocycles. The van der Waals surface area contributed by atoms with Crippen LogP contribution >= 0.6 is 0 Å². The second-order valence-corrected chi connectivity index (χ2v) is 5.74. The highest BCUT2D eigenvalue weighted by atomic mass is 16.5. The number of aromatic amines is 1. The molecule has 0 aliphatic rings. The Labute approximate surface area is 145 Å². The first-order chi connectivity index (χ1) is 12.1. The van der Waals surface area contributed by atoms with Gasteiger partial charge in [0.25, 0.3) is 0 Å². The van der Waals surface area contributed by atoms with Crippen LogP contribution in [-0.2, 0) is 14.3 Å². The van der Waals surface area contributed by atoms with Gasteiger partial charge >= 0.3 is 5.97 Å². The molecule has 0 aliphatic carbocycles. The Morgan fingerprint density at radius 1 is 1.08 bits per heavy atom. The van der Waals surface area contributed by atoms with Gasteiger partial charge in [-0.1, -0.05) is 30.3 Å². The Kier molecular flexibility index (Phi) is 4.84. The summed E-state index contributed by atoms with van der Waals surface area (Å²) in [5, 5.41) is 0.964. The fourth-order valence-electron chi connectivity index (χ4n) is 3.01. The van der Waals surface area contributed by atoms with E-state index < -0.39 is 11.8 Å². The van der Waals surface area contributed by atoms with Gasteiger partial charge in [-0.3, -0.25) is 4.79 Å². The zero-order valence-electron chi connectivity index (χ0n) is 14.1. The SMILES string of the molecule is COC(=O)C(=O)C[C@H](c1ccccc1)c1c[nH]c2ccc(OC)cc12. The first kappa shape index (κ1) is 16.8. The van der Waals surface area contributed by atoms with Crippen LogP contribution in [0.25, 0.3) is 10.9 Å². The minimum absolute atomic E-state index is 0.0425. The summed E-state index contributed by atoms with van der Waals surface area (Å²) in [6, 6.07) is 15.4. The number of aromatic nitrogens is 1.